The smallest absolute Gasteiger partial charge is 0.239 e. The maximum Gasteiger partial charge on any atom is 0.239 e. The predicted molar refractivity (Wildman–Crippen MR) is 61.5 cm³/mol. The molecule has 1 unspecified atom stereocenters. The molecule has 0 aliphatic carbocycles. The minimum atomic E-state index is -0.685. The molecule has 0 radical (unpaired) electrons. The van der Waals surface area contributed by atoms with Gasteiger partial charge in [-0.1, -0.05) is 12.1 Å². The fraction of sp³-hybridized carbons (Fsp3) is 0.333. The lowest BCUT2D eigenvalue weighted by molar-refractivity contribution is -0.126. The Bertz CT molecular complexity index is 421. The van der Waals surface area contributed by atoms with Crippen LogP contribution in [0.3, 0.4) is 0 Å². The van der Waals surface area contributed by atoms with Gasteiger partial charge in [-0.25, -0.2) is 4.39 Å². The lowest BCUT2D eigenvalue weighted by Crippen LogP contribution is -2.42. The summed E-state index contributed by atoms with van der Waals surface area (Å²) in [7, 11) is 0. The second kappa shape index (κ2) is 5.98. The van der Waals surface area contributed by atoms with Crippen LogP contribution in [0.1, 0.15) is 18.9 Å². The molecule has 0 saturated heterocycles. The van der Waals surface area contributed by atoms with Crippen LogP contribution in [0, 0.1) is 5.82 Å². The fourth-order valence-electron chi connectivity index (χ4n) is 1.34. The first kappa shape index (κ1) is 13.2. The molecule has 0 aliphatic heterocycles. The number of nitrogens with two attached hydrogens (primary N) is 1. The molecule has 0 saturated carbocycles. The van der Waals surface area contributed by atoms with E-state index in [1.165, 1.54) is 19.1 Å². The fourth-order valence-corrected chi connectivity index (χ4v) is 1.34. The number of aryl methyl sites for hydroxylation is 1. The Morgan fingerprint density at radius 3 is 2.76 bits per heavy atom. The van der Waals surface area contributed by atoms with Gasteiger partial charge in [-0.05, 0) is 31.0 Å². The average Bonchev–Trinajstić information content (AvgIpc) is 2.26. The number of hydrogen-bond donors (Lipinski definition) is 2. The number of hydrogen-bond acceptors (Lipinski definition) is 2. The van der Waals surface area contributed by atoms with Gasteiger partial charge in [0.1, 0.15) is 11.9 Å². The molecule has 1 atom stereocenters. The van der Waals surface area contributed by atoms with Gasteiger partial charge < -0.3 is 11.1 Å². The molecule has 5 heteroatoms. The number of carbonyl (C=O) groups excluding carboxylic acids is 2. The SMILES string of the molecule is CC(NC(=O)CCc1cccc(F)c1)C(N)=O. The highest BCUT2D eigenvalue weighted by Crippen LogP contribution is 2.06. The normalized spacial score (nSPS) is 11.9. The summed E-state index contributed by atoms with van der Waals surface area (Å²) in [5.41, 5.74) is 5.75. The molecule has 0 heterocycles. The van der Waals surface area contributed by atoms with E-state index < -0.39 is 11.9 Å². The van der Waals surface area contributed by atoms with Crippen LogP contribution in [-0.2, 0) is 16.0 Å². The Morgan fingerprint density at radius 2 is 2.18 bits per heavy atom. The van der Waals surface area contributed by atoms with E-state index in [0.717, 1.165) is 5.56 Å². The summed E-state index contributed by atoms with van der Waals surface area (Å²) in [6.45, 7) is 1.52. The van der Waals surface area contributed by atoms with Crippen molar-refractivity contribution in [2.24, 2.45) is 5.73 Å². The standard InChI is InChI=1S/C12H15FN2O2/c1-8(12(14)17)15-11(16)6-5-9-3-2-4-10(13)7-9/h2-4,7-8H,5-6H2,1H3,(H2,14,17)(H,15,16). The number of nitrogens with one attached hydrogen (secondary N) is 1. The molecule has 1 aromatic rings. The zero-order valence-corrected chi connectivity index (χ0v) is 9.57. The summed E-state index contributed by atoms with van der Waals surface area (Å²) in [5.74, 6) is -1.18. The summed E-state index contributed by atoms with van der Waals surface area (Å²) < 4.78 is 12.8. The van der Waals surface area contributed by atoms with E-state index in [9.17, 15) is 14.0 Å². The van der Waals surface area contributed by atoms with E-state index in [1.807, 2.05) is 0 Å². The number of amides is 2. The molecular formula is C12H15FN2O2. The van der Waals surface area contributed by atoms with Crippen LogP contribution in [0.4, 0.5) is 4.39 Å². The summed E-state index contributed by atoms with van der Waals surface area (Å²) in [5, 5.41) is 2.46. The number of halogens is 1. The largest absolute Gasteiger partial charge is 0.368 e. The number of rotatable bonds is 5. The number of benzene rings is 1. The van der Waals surface area contributed by atoms with Crippen LogP contribution in [0.5, 0.6) is 0 Å². The quantitative estimate of drug-likeness (QED) is 0.794. The number of primary amides is 1. The van der Waals surface area contributed by atoms with Gasteiger partial charge in [0.2, 0.25) is 11.8 Å². The van der Waals surface area contributed by atoms with E-state index in [2.05, 4.69) is 5.32 Å². The van der Waals surface area contributed by atoms with E-state index in [-0.39, 0.29) is 18.1 Å². The highest BCUT2D eigenvalue weighted by atomic mass is 19.1. The second-order valence-electron chi connectivity index (χ2n) is 3.82. The van der Waals surface area contributed by atoms with Crippen molar-refractivity contribution in [3.63, 3.8) is 0 Å². The second-order valence-corrected chi connectivity index (χ2v) is 3.82. The average molecular weight is 238 g/mol. The molecule has 1 aromatic carbocycles. The first-order chi connectivity index (χ1) is 7.99. The van der Waals surface area contributed by atoms with Crippen molar-refractivity contribution >= 4 is 11.8 Å². The van der Waals surface area contributed by atoms with Crippen LogP contribution >= 0.6 is 0 Å². The molecule has 0 aliphatic rings. The molecule has 1 rings (SSSR count). The first-order valence-corrected chi connectivity index (χ1v) is 5.32. The zero-order chi connectivity index (χ0) is 12.8. The van der Waals surface area contributed by atoms with Gasteiger partial charge in [-0.3, -0.25) is 9.59 Å². The van der Waals surface area contributed by atoms with Gasteiger partial charge in [0.25, 0.3) is 0 Å². The van der Waals surface area contributed by atoms with Crippen molar-refractivity contribution in [2.45, 2.75) is 25.8 Å². The van der Waals surface area contributed by atoms with Crippen molar-refractivity contribution < 1.29 is 14.0 Å². The molecule has 92 valence electrons. The van der Waals surface area contributed by atoms with Crippen LogP contribution in [-0.4, -0.2) is 17.9 Å². The molecule has 0 fully saturated rings. The van der Waals surface area contributed by atoms with Crippen molar-refractivity contribution in [1.29, 1.82) is 0 Å². The van der Waals surface area contributed by atoms with Crippen molar-refractivity contribution in [3.05, 3.63) is 35.6 Å². The summed E-state index contributed by atoms with van der Waals surface area (Å²) in [6, 6.07) is 5.38. The molecule has 2 amide bonds. The predicted octanol–water partition coefficient (Wildman–Crippen LogP) is 0.748. The van der Waals surface area contributed by atoms with Gasteiger partial charge in [0, 0.05) is 6.42 Å². The summed E-state index contributed by atoms with van der Waals surface area (Å²) in [6.07, 6.45) is 0.621. The topological polar surface area (TPSA) is 72.2 Å². The molecule has 0 spiro atoms. The Morgan fingerprint density at radius 1 is 1.47 bits per heavy atom. The Kier molecular flexibility index (Phi) is 4.63. The highest BCUT2D eigenvalue weighted by Gasteiger charge is 2.11. The van der Waals surface area contributed by atoms with E-state index in [1.54, 1.807) is 12.1 Å². The minimum absolute atomic E-state index is 0.196. The van der Waals surface area contributed by atoms with Gasteiger partial charge >= 0.3 is 0 Å². The third kappa shape index (κ3) is 4.63. The number of carbonyl (C=O) groups is 2. The van der Waals surface area contributed by atoms with Gasteiger partial charge in [-0.15, -0.1) is 0 Å². The van der Waals surface area contributed by atoms with Crippen molar-refractivity contribution in [2.75, 3.05) is 0 Å². The summed E-state index contributed by atoms with van der Waals surface area (Å²) in [4.78, 5) is 22.1. The highest BCUT2D eigenvalue weighted by molar-refractivity contribution is 5.86. The van der Waals surface area contributed by atoms with E-state index >= 15 is 0 Å². The zero-order valence-electron chi connectivity index (χ0n) is 9.57. The molecule has 0 bridgehead atoms. The molecular weight excluding hydrogens is 223 g/mol. The summed E-state index contributed by atoms with van der Waals surface area (Å²) >= 11 is 0. The van der Waals surface area contributed by atoms with Gasteiger partial charge in [0.15, 0.2) is 0 Å². The molecule has 0 aromatic heterocycles. The Labute approximate surface area is 99.0 Å². The third-order valence-electron chi connectivity index (χ3n) is 2.33. The van der Waals surface area contributed by atoms with Crippen LogP contribution in [0.25, 0.3) is 0 Å². The van der Waals surface area contributed by atoms with E-state index in [0.29, 0.717) is 6.42 Å². The van der Waals surface area contributed by atoms with E-state index in [4.69, 9.17) is 5.73 Å². The lowest BCUT2D eigenvalue weighted by Gasteiger charge is -2.09. The van der Waals surface area contributed by atoms with Crippen LogP contribution in [0.2, 0.25) is 0 Å². The molecule has 3 N–H and O–H groups in total. The molecule has 17 heavy (non-hydrogen) atoms. The first-order valence-electron chi connectivity index (χ1n) is 5.32. The van der Waals surface area contributed by atoms with Gasteiger partial charge in [0.05, 0.1) is 0 Å². The van der Waals surface area contributed by atoms with Gasteiger partial charge in [-0.2, -0.15) is 0 Å². The Balaban J connectivity index is 2.41. The monoisotopic (exact) mass is 238 g/mol. The Hall–Kier alpha value is -1.91. The van der Waals surface area contributed by atoms with Crippen LogP contribution < -0.4 is 11.1 Å². The molecule has 4 nitrogen and oxygen atoms in total. The maximum absolute atomic E-state index is 12.8. The third-order valence-corrected chi connectivity index (χ3v) is 2.33. The lowest BCUT2D eigenvalue weighted by atomic mass is 10.1. The maximum atomic E-state index is 12.8. The van der Waals surface area contributed by atoms with Crippen LogP contribution in [0.15, 0.2) is 24.3 Å². The van der Waals surface area contributed by atoms with Crippen molar-refractivity contribution in [1.82, 2.24) is 5.32 Å². The van der Waals surface area contributed by atoms with Crippen molar-refractivity contribution in [3.8, 4) is 0 Å². The minimum Gasteiger partial charge on any atom is -0.368 e.